The molecule has 122 valence electrons. The van der Waals surface area contributed by atoms with Crippen molar-refractivity contribution in [2.45, 2.75) is 19.4 Å². The molecule has 3 N–H and O–H groups in total. The highest BCUT2D eigenvalue weighted by Crippen LogP contribution is 2.17. The highest BCUT2D eigenvalue weighted by Gasteiger charge is 2.10. The Bertz CT molecular complexity index is 656. The Balaban J connectivity index is 2.00. The smallest absolute Gasteiger partial charge is 0.193 e. The average Bonchev–Trinajstić information content (AvgIpc) is 2.57. The molecule has 5 heteroatoms. The molecule has 0 aliphatic rings. The number of halogens is 1. The Morgan fingerprint density at radius 1 is 1.26 bits per heavy atom. The fourth-order valence-electron chi connectivity index (χ4n) is 2.23. The quantitative estimate of drug-likeness (QED) is 0.633. The van der Waals surface area contributed by atoms with Crippen molar-refractivity contribution in [2.75, 3.05) is 19.0 Å². The van der Waals surface area contributed by atoms with Gasteiger partial charge in [0.05, 0.1) is 6.54 Å². The third-order valence-corrected chi connectivity index (χ3v) is 3.56. The number of ether oxygens (including phenoxy) is 1. The van der Waals surface area contributed by atoms with Gasteiger partial charge in [0, 0.05) is 12.8 Å². The molecule has 0 aromatic heterocycles. The van der Waals surface area contributed by atoms with Crippen LogP contribution in [0.4, 0.5) is 10.1 Å². The Hall–Kier alpha value is -2.40. The average molecular weight is 315 g/mol. The van der Waals surface area contributed by atoms with Crippen LogP contribution in [0.15, 0.2) is 53.5 Å². The van der Waals surface area contributed by atoms with E-state index in [2.05, 4.69) is 23.3 Å². The number of aliphatic imine (C=N–C) groups is 1. The Morgan fingerprint density at radius 2 is 2.00 bits per heavy atom. The van der Waals surface area contributed by atoms with E-state index in [1.165, 1.54) is 17.7 Å². The second-order valence-corrected chi connectivity index (χ2v) is 5.18. The van der Waals surface area contributed by atoms with E-state index in [0.717, 1.165) is 17.7 Å². The second-order valence-electron chi connectivity index (χ2n) is 5.18. The summed E-state index contributed by atoms with van der Waals surface area (Å²) in [6, 6.07) is 14.2. The number of methoxy groups -OCH3 is 1. The zero-order chi connectivity index (χ0) is 16.7. The van der Waals surface area contributed by atoms with Gasteiger partial charge in [-0.3, -0.25) is 4.99 Å². The fraction of sp³-hybridized carbons (Fsp3) is 0.278. The van der Waals surface area contributed by atoms with Gasteiger partial charge in [-0.15, -0.1) is 0 Å². The minimum atomic E-state index is -0.274. The number of aryl methyl sites for hydroxylation is 1. The molecule has 0 amide bonds. The van der Waals surface area contributed by atoms with Gasteiger partial charge in [0.1, 0.15) is 11.9 Å². The first kappa shape index (κ1) is 17.0. The van der Waals surface area contributed by atoms with Gasteiger partial charge in [0.25, 0.3) is 0 Å². The lowest BCUT2D eigenvalue weighted by Gasteiger charge is -2.14. The zero-order valence-electron chi connectivity index (χ0n) is 13.4. The molecule has 2 aromatic carbocycles. The molecule has 0 radical (unpaired) electrons. The lowest BCUT2D eigenvalue weighted by molar-refractivity contribution is 0.111. The monoisotopic (exact) mass is 315 g/mol. The molecule has 0 heterocycles. The van der Waals surface area contributed by atoms with Crippen molar-refractivity contribution >= 4 is 11.6 Å². The number of nitrogens with two attached hydrogens (primary N) is 1. The Labute approximate surface area is 136 Å². The number of nitrogens with zero attached hydrogens (tertiary/aromatic N) is 1. The summed E-state index contributed by atoms with van der Waals surface area (Å²) in [5.74, 6) is 0.0477. The van der Waals surface area contributed by atoms with Gasteiger partial charge >= 0.3 is 0 Å². The lowest BCUT2D eigenvalue weighted by Crippen LogP contribution is -2.24. The summed E-state index contributed by atoms with van der Waals surface area (Å²) in [6.45, 7) is 2.46. The Kier molecular flexibility index (Phi) is 6.11. The van der Waals surface area contributed by atoms with E-state index in [0.29, 0.717) is 12.5 Å². The van der Waals surface area contributed by atoms with Gasteiger partial charge in [-0.05, 0) is 41.8 Å². The summed E-state index contributed by atoms with van der Waals surface area (Å²) in [7, 11) is 1.60. The van der Waals surface area contributed by atoms with Crippen LogP contribution in [-0.2, 0) is 11.2 Å². The number of rotatable bonds is 6. The standard InChI is InChI=1S/C18H22FN3O/c1-3-13-5-4-6-16(11-13)22-18(20)21-12-17(23-2)14-7-9-15(19)10-8-14/h4-11,17H,3,12H2,1-2H3,(H3,20,21,22). The summed E-state index contributed by atoms with van der Waals surface area (Å²) in [5, 5.41) is 3.07. The maximum atomic E-state index is 13.0. The normalized spacial score (nSPS) is 12.9. The predicted molar refractivity (Wildman–Crippen MR) is 92.1 cm³/mol. The fourth-order valence-corrected chi connectivity index (χ4v) is 2.23. The largest absolute Gasteiger partial charge is 0.375 e. The molecule has 1 atom stereocenters. The molecular weight excluding hydrogens is 293 g/mol. The number of hydrogen-bond donors (Lipinski definition) is 2. The van der Waals surface area contributed by atoms with Gasteiger partial charge < -0.3 is 15.8 Å². The van der Waals surface area contributed by atoms with Gasteiger partial charge in [-0.25, -0.2) is 4.39 Å². The molecular formula is C18H22FN3O. The van der Waals surface area contributed by atoms with Gasteiger partial charge in [0.2, 0.25) is 0 Å². The molecule has 23 heavy (non-hydrogen) atoms. The summed E-state index contributed by atoms with van der Waals surface area (Å²) >= 11 is 0. The first-order chi connectivity index (χ1) is 11.1. The van der Waals surface area contributed by atoms with Gasteiger partial charge in [-0.2, -0.15) is 0 Å². The number of nitrogens with one attached hydrogen (secondary N) is 1. The molecule has 2 aromatic rings. The van der Waals surface area contributed by atoms with Crippen LogP contribution in [0.3, 0.4) is 0 Å². The number of benzene rings is 2. The first-order valence-corrected chi connectivity index (χ1v) is 7.56. The number of guanidine groups is 1. The minimum absolute atomic E-state index is 0.266. The second kappa shape index (κ2) is 8.29. The van der Waals surface area contributed by atoms with Crippen molar-refractivity contribution in [3.05, 3.63) is 65.5 Å². The molecule has 0 bridgehead atoms. The van der Waals surface area contributed by atoms with E-state index < -0.39 is 0 Å². The molecule has 4 nitrogen and oxygen atoms in total. The summed E-state index contributed by atoms with van der Waals surface area (Å²) < 4.78 is 18.4. The summed E-state index contributed by atoms with van der Waals surface area (Å²) in [4.78, 5) is 4.31. The molecule has 2 rings (SSSR count). The van der Waals surface area contributed by atoms with Crippen molar-refractivity contribution in [1.29, 1.82) is 0 Å². The molecule has 0 saturated heterocycles. The van der Waals surface area contributed by atoms with E-state index in [1.807, 2.05) is 18.2 Å². The Morgan fingerprint density at radius 3 is 2.65 bits per heavy atom. The number of anilines is 1. The maximum Gasteiger partial charge on any atom is 0.193 e. The summed E-state index contributed by atoms with van der Waals surface area (Å²) in [6.07, 6.45) is 0.695. The first-order valence-electron chi connectivity index (χ1n) is 7.56. The predicted octanol–water partition coefficient (Wildman–Crippen LogP) is 3.50. The van der Waals surface area contributed by atoms with Crippen LogP contribution in [0.2, 0.25) is 0 Å². The molecule has 0 aliphatic carbocycles. The lowest BCUT2D eigenvalue weighted by atomic mass is 10.1. The molecule has 1 unspecified atom stereocenters. The SMILES string of the molecule is CCc1cccc(NC(N)=NCC(OC)c2ccc(F)cc2)c1. The van der Waals surface area contributed by atoms with Crippen LogP contribution in [0.1, 0.15) is 24.2 Å². The minimum Gasteiger partial charge on any atom is -0.375 e. The van der Waals surface area contributed by atoms with Crippen LogP contribution in [0.5, 0.6) is 0 Å². The van der Waals surface area contributed by atoms with Crippen molar-refractivity contribution < 1.29 is 9.13 Å². The van der Waals surface area contributed by atoms with Crippen molar-refractivity contribution in [2.24, 2.45) is 10.7 Å². The summed E-state index contributed by atoms with van der Waals surface area (Å²) in [5.41, 5.74) is 8.92. The van der Waals surface area contributed by atoms with Crippen molar-refractivity contribution in [3.8, 4) is 0 Å². The van der Waals surface area contributed by atoms with Crippen LogP contribution in [0, 0.1) is 5.82 Å². The number of hydrogen-bond acceptors (Lipinski definition) is 2. The van der Waals surface area contributed by atoms with Crippen molar-refractivity contribution in [3.63, 3.8) is 0 Å². The van der Waals surface area contributed by atoms with E-state index in [1.54, 1.807) is 19.2 Å². The van der Waals surface area contributed by atoms with Crippen molar-refractivity contribution in [1.82, 2.24) is 0 Å². The molecule has 0 fully saturated rings. The van der Waals surface area contributed by atoms with Gasteiger partial charge in [-0.1, -0.05) is 31.2 Å². The topological polar surface area (TPSA) is 59.6 Å². The van der Waals surface area contributed by atoms with E-state index in [-0.39, 0.29) is 11.9 Å². The van der Waals surface area contributed by atoms with Crippen LogP contribution in [0.25, 0.3) is 0 Å². The van der Waals surface area contributed by atoms with Gasteiger partial charge in [0.15, 0.2) is 5.96 Å². The van der Waals surface area contributed by atoms with E-state index >= 15 is 0 Å². The molecule has 0 saturated carbocycles. The van der Waals surface area contributed by atoms with Crippen LogP contribution >= 0.6 is 0 Å². The van der Waals surface area contributed by atoms with Crippen LogP contribution in [-0.4, -0.2) is 19.6 Å². The van der Waals surface area contributed by atoms with Crippen LogP contribution < -0.4 is 11.1 Å². The highest BCUT2D eigenvalue weighted by molar-refractivity contribution is 5.92. The van der Waals surface area contributed by atoms with E-state index in [4.69, 9.17) is 10.5 Å². The molecule has 0 spiro atoms. The third-order valence-electron chi connectivity index (χ3n) is 3.56. The molecule has 0 aliphatic heterocycles. The maximum absolute atomic E-state index is 13.0. The zero-order valence-corrected chi connectivity index (χ0v) is 13.4. The van der Waals surface area contributed by atoms with E-state index in [9.17, 15) is 4.39 Å². The highest BCUT2D eigenvalue weighted by atomic mass is 19.1. The third kappa shape index (κ3) is 5.07.